The fourth-order valence-electron chi connectivity index (χ4n) is 2.24. The Morgan fingerprint density at radius 3 is 2.62 bits per heavy atom. The molecule has 0 saturated carbocycles. The first-order chi connectivity index (χ1) is 12.4. The summed E-state index contributed by atoms with van der Waals surface area (Å²) in [5, 5.41) is 0. The number of rotatable bonds is 6. The molecule has 0 unspecified atom stereocenters. The largest absolute Gasteiger partial charge is 0.481 e. The molecule has 0 fully saturated rings. The van der Waals surface area contributed by atoms with Gasteiger partial charge in [-0.1, -0.05) is 30.3 Å². The van der Waals surface area contributed by atoms with Crippen LogP contribution in [0.1, 0.15) is 5.56 Å². The van der Waals surface area contributed by atoms with Crippen molar-refractivity contribution in [2.75, 3.05) is 14.1 Å². The summed E-state index contributed by atoms with van der Waals surface area (Å²) in [6, 6.07) is 10.5. The average Bonchev–Trinajstić information content (AvgIpc) is 3.11. The Balaban J connectivity index is 2.04. The average molecular weight is 375 g/mol. The highest BCUT2D eigenvalue weighted by Crippen LogP contribution is 2.27. The van der Waals surface area contributed by atoms with Gasteiger partial charge in [-0.25, -0.2) is 8.96 Å². The van der Waals surface area contributed by atoms with Crippen molar-refractivity contribution in [3.8, 4) is 17.3 Å². The summed E-state index contributed by atoms with van der Waals surface area (Å²) >= 11 is 0. The van der Waals surface area contributed by atoms with E-state index in [2.05, 4.69) is 4.98 Å². The molecule has 9 heteroatoms. The van der Waals surface area contributed by atoms with Gasteiger partial charge in [0.25, 0.3) is 0 Å². The van der Waals surface area contributed by atoms with E-state index < -0.39 is 15.6 Å². The van der Waals surface area contributed by atoms with Gasteiger partial charge in [0.15, 0.2) is 5.82 Å². The molecule has 0 N–H and O–H groups in total. The molecule has 8 nitrogen and oxygen atoms in total. The number of nitrogens with zero attached hydrogens (tertiary/aromatic N) is 3. The van der Waals surface area contributed by atoms with Crippen molar-refractivity contribution in [3.63, 3.8) is 0 Å². The number of ether oxygens (including phenoxy) is 1. The lowest BCUT2D eigenvalue weighted by Gasteiger charge is -2.15. The fourth-order valence-corrected chi connectivity index (χ4v) is 3.15. The van der Waals surface area contributed by atoms with E-state index in [4.69, 9.17) is 9.15 Å². The van der Waals surface area contributed by atoms with Crippen LogP contribution >= 0.6 is 0 Å². The maximum Gasteiger partial charge on any atom is 0.308 e. The Morgan fingerprint density at radius 1 is 1.19 bits per heavy atom. The van der Waals surface area contributed by atoms with Crippen LogP contribution in [0.2, 0.25) is 0 Å². The summed E-state index contributed by atoms with van der Waals surface area (Å²) in [5.41, 5.74) is 0.421. The van der Waals surface area contributed by atoms with E-state index in [0.717, 1.165) is 13.8 Å². The summed E-state index contributed by atoms with van der Waals surface area (Å²) in [6.45, 7) is 0.129. The van der Waals surface area contributed by atoms with Crippen molar-refractivity contribution in [3.05, 3.63) is 70.8 Å². The van der Waals surface area contributed by atoms with Gasteiger partial charge in [-0.15, -0.1) is 0 Å². The molecule has 136 valence electrons. The standard InChI is InChI=1S/C17H17N3O5S/c1-19(2)26(22,23)20-10-9-18-17(20)16-15(14(21)8-11-24-16)25-12-13-6-4-3-5-7-13/h3-11H,12H2,1-2H3. The molecule has 0 amide bonds. The first-order valence-corrected chi connectivity index (χ1v) is 9.06. The summed E-state index contributed by atoms with van der Waals surface area (Å²) in [6.07, 6.45) is 3.76. The highest BCUT2D eigenvalue weighted by Gasteiger charge is 2.25. The predicted molar refractivity (Wildman–Crippen MR) is 95.0 cm³/mol. The van der Waals surface area contributed by atoms with Crippen LogP contribution in [-0.2, 0) is 16.8 Å². The van der Waals surface area contributed by atoms with Gasteiger partial charge in [0, 0.05) is 32.6 Å². The van der Waals surface area contributed by atoms with Crippen LogP contribution in [0.25, 0.3) is 11.6 Å². The lowest BCUT2D eigenvalue weighted by atomic mass is 10.2. The Bertz CT molecular complexity index is 1060. The summed E-state index contributed by atoms with van der Waals surface area (Å²) in [7, 11) is -1.05. The van der Waals surface area contributed by atoms with E-state index >= 15 is 0 Å². The summed E-state index contributed by atoms with van der Waals surface area (Å²) < 4.78 is 37.9. The molecule has 0 spiro atoms. The first kappa shape index (κ1) is 17.9. The zero-order valence-electron chi connectivity index (χ0n) is 14.2. The minimum Gasteiger partial charge on any atom is -0.481 e. The SMILES string of the molecule is CN(C)S(=O)(=O)n1ccnc1-c1occc(=O)c1OCc1ccccc1. The van der Waals surface area contributed by atoms with Crippen LogP contribution < -0.4 is 10.2 Å². The Kier molecular flexibility index (Phi) is 4.92. The van der Waals surface area contributed by atoms with Crippen molar-refractivity contribution in [1.82, 2.24) is 13.3 Å². The normalized spacial score (nSPS) is 11.7. The monoisotopic (exact) mass is 375 g/mol. The van der Waals surface area contributed by atoms with Crippen molar-refractivity contribution >= 4 is 10.2 Å². The number of hydrogen-bond donors (Lipinski definition) is 0. The molecule has 0 aliphatic carbocycles. The predicted octanol–water partition coefficient (Wildman–Crippen LogP) is 1.74. The van der Waals surface area contributed by atoms with E-state index in [9.17, 15) is 13.2 Å². The Morgan fingerprint density at radius 2 is 1.92 bits per heavy atom. The van der Waals surface area contributed by atoms with Crippen LogP contribution in [0, 0.1) is 0 Å². The van der Waals surface area contributed by atoms with Crippen molar-refractivity contribution in [2.45, 2.75) is 6.61 Å². The Hall–Kier alpha value is -2.91. The van der Waals surface area contributed by atoms with Crippen molar-refractivity contribution < 1.29 is 17.6 Å². The third kappa shape index (κ3) is 3.39. The van der Waals surface area contributed by atoms with Gasteiger partial charge in [0.05, 0.1) is 6.26 Å². The molecule has 26 heavy (non-hydrogen) atoms. The van der Waals surface area contributed by atoms with E-state index in [0.29, 0.717) is 0 Å². The molecule has 2 aromatic heterocycles. The van der Waals surface area contributed by atoms with Crippen LogP contribution in [-0.4, -0.2) is 35.8 Å². The molecule has 0 radical (unpaired) electrons. The molecular weight excluding hydrogens is 358 g/mol. The van der Waals surface area contributed by atoms with Crippen molar-refractivity contribution in [1.29, 1.82) is 0 Å². The highest BCUT2D eigenvalue weighted by atomic mass is 32.2. The Labute approximate surface area is 150 Å². The minimum absolute atomic E-state index is 0.0422. The van der Waals surface area contributed by atoms with E-state index in [-0.39, 0.29) is 23.9 Å². The van der Waals surface area contributed by atoms with Crippen LogP contribution in [0.4, 0.5) is 0 Å². The van der Waals surface area contributed by atoms with Crippen LogP contribution in [0.3, 0.4) is 0 Å². The summed E-state index contributed by atoms with van der Waals surface area (Å²) in [4.78, 5) is 16.3. The highest BCUT2D eigenvalue weighted by molar-refractivity contribution is 7.87. The molecular formula is C17H17N3O5S. The lowest BCUT2D eigenvalue weighted by molar-refractivity contribution is 0.295. The smallest absolute Gasteiger partial charge is 0.308 e. The van der Waals surface area contributed by atoms with Gasteiger partial charge in [0.2, 0.25) is 16.9 Å². The van der Waals surface area contributed by atoms with E-state index in [1.807, 2.05) is 30.3 Å². The maximum absolute atomic E-state index is 12.5. The minimum atomic E-state index is -3.84. The molecule has 0 atom stereocenters. The zero-order valence-corrected chi connectivity index (χ0v) is 15.0. The topological polar surface area (TPSA) is 94.6 Å². The number of hydrogen-bond acceptors (Lipinski definition) is 6. The molecule has 0 aliphatic rings. The van der Waals surface area contributed by atoms with Gasteiger partial charge in [-0.3, -0.25) is 4.79 Å². The quantitative estimate of drug-likeness (QED) is 0.651. The first-order valence-electron chi connectivity index (χ1n) is 7.66. The molecule has 0 saturated heterocycles. The van der Waals surface area contributed by atoms with Crippen LogP contribution in [0.5, 0.6) is 5.75 Å². The van der Waals surface area contributed by atoms with Crippen LogP contribution in [0.15, 0.2) is 64.3 Å². The molecule has 3 rings (SSSR count). The van der Waals surface area contributed by atoms with E-state index in [1.54, 1.807) is 0 Å². The van der Waals surface area contributed by atoms with Crippen molar-refractivity contribution in [2.24, 2.45) is 0 Å². The molecule has 3 aromatic rings. The molecule has 2 heterocycles. The second-order valence-corrected chi connectivity index (χ2v) is 7.57. The molecule has 0 bridgehead atoms. The lowest BCUT2D eigenvalue weighted by Crippen LogP contribution is -2.29. The van der Waals surface area contributed by atoms with Gasteiger partial charge in [0.1, 0.15) is 6.61 Å². The van der Waals surface area contributed by atoms with Gasteiger partial charge in [-0.05, 0) is 5.56 Å². The summed E-state index contributed by atoms with van der Waals surface area (Å²) in [5.74, 6) is -0.193. The van der Waals surface area contributed by atoms with Gasteiger partial charge >= 0.3 is 10.2 Å². The van der Waals surface area contributed by atoms with E-state index in [1.165, 1.54) is 38.8 Å². The molecule has 1 aromatic carbocycles. The zero-order chi connectivity index (χ0) is 18.7. The van der Waals surface area contributed by atoms with Gasteiger partial charge < -0.3 is 9.15 Å². The molecule has 0 aliphatic heterocycles. The third-order valence-electron chi connectivity index (χ3n) is 3.58. The fraction of sp³-hybridized carbons (Fsp3) is 0.176. The maximum atomic E-state index is 12.5. The second kappa shape index (κ2) is 7.14. The number of benzene rings is 1. The van der Waals surface area contributed by atoms with Gasteiger partial charge in [-0.2, -0.15) is 12.7 Å². The number of imidazole rings is 1. The number of aromatic nitrogens is 2. The third-order valence-corrected chi connectivity index (χ3v) is 5.30. The second-order valence-electron chi connectivity index (χ2n) is 5.55.